The van der Waals surface area contributed by atoms with Gasteiger partial charge in [0.15, 0.2) is 0 Å². The lowest BCUT2D eigenvalue weighted by Crippen LogP contribution is -2.45. The number of hydrogen-bond acceptors (Lipinski definition) is 6. The third-order valence-electron chi connectivity index (χ3n) is 4.69. The first-order valence-corrected chi connectivity index (χ1v) is 9.30. The van der Waals surface area contributed by atoms with Crippen LogP contribution in [0.1, 0.15) is 26.2 Å². The number of hydrogen-bond donors (Lipinski definition) is 0. The number of anilines is 1. The highest BCUT2D eigenvalue weighted by Crippen LogP contribution is 2.28. The predicted molar refractivity (Wildman–Crippen MR) is 101 cm³/mol. The van der Waals surface area contributed by atoms with E-state index in [0.717, 1.165) is 0 Å². The molecular weight excluding hydrogens is 346 g/mol. The zero-order valence-electron chi connectivity index (χ0n) is 16.0. The molecule has 0 aliphatic carbocycles. The molecule has 0 spiro atoms. The van der Waals surface area contributed by atoms with Crippen molar-refractivity contribution in [3.05, 3.63) is 24.3 Å². The normalized spacial score (nSPS) is 15.0. The van der Waals surface area contributed by atoms with E-state index in [9.17, 15) is 9.59 Å². The molecule has 0 aromatic heterocycles. The number of rotatable bonds is 8. The maximum atomic E-state index is 12.9. The number of piperidine rings is 1. The highest BCUT2D eigenvalue weighted by atomic mass is 16.5. The van der Waals surface area contributed by atoms with Crippen LogP contribution in [0.2, 0.25) is 0 Å². The molecule has 27 heavy (non-hydrogen) atoms. The molecule has 0 N–H and O–H groups in total. The maximum absolute atomic E-state index is 12.9. The second-order valence-corrected chi connectivity index (χ2v) is 6.43. The van der Waals surface area contributed by atoms with Gasteiger partial charge in [-0.15, -0.1) is 0 Å². The quantitative estimate of drug-likeness (QED) is 0.650. The van der Waals surface area contributed by atoms with Crippen molar-refractivity contribution in [1.29, 1.82) is 5.26 Å². The molecule has 1 aromatic carbocycles. The fourth-order valence-electron chi connectivity index (χ4n) is 3.26. The number of likely N-dealkylation sites (tertiary alicyclic amines) is 1. The molecule has 1 aromatic rings. The Hall–Kier alpha value is -2.59. The summed E-state index contributed by atoms with van der Waals surface area (Å²) in [5, 5.41) is 8.94. The van der Waals surface area contributed by atoms with E-state index in [-0.39, 0.29) is 30.8 Å². The van der Waals surface area contributed by atoms with Crippen LogP contribution in [0, 0.1) is 17.2 Å². The first kappa shape index (κ1) is 20.7. The molecule has 1 heterocycles. The summed E-state index contributed by atoms with van der Waals surface area (Å²) in [5.74, 6) is 0.294. The van der Waals surface area contributed by atoms with E-state index in [4.69, 9.17) is 14.7 Å². The van der Waals surface area contributed by atoms with Crippen molar-refractivity contribution < 1.29 is 19.1 Å². The third-order valence-corrected chi connectivity index (χ3v) is 4.69. The molecule has 1 fully saturated rings. The van der Waals surface area contributed by atoms with Crippen LogP contribution < -0.4 is 9.64 Å². The Bertz CT molecular complexity index is 678. The third kappa shape index (κ3) is 5.69. The Balaban J connectivity index is 2.01. The molecule has 146 valence electrons. The molecule has 0 bridgehead atoms. The summed E-state index contributed by atoms with van der Waals surface area (Å²) in [5.41, 5.74) is 0.668. The predicted octanol–water partition coefficient (Wildman–Crippen LogP) is 2.22. The highest BCUT2D eigenvalue weighted by Gasteiger charge is 2.28. The van der Waals surface area contributed by atoms with Crippen LogP contribution in [0.3, 0.4) is 0 Å². The molecule has 0 radical (unpaired) electrons. The number of benzene rings is 1. The number of nitrogens with zero attached hydrogens (tertiary/aromatic N) is 3. The average Bonchev–Trinajstić information content (AvgIpc) is 2.69. The summed E-state index contributed by atoms with van der Waals surface area (Å²) in [6.07, 6.45) is 1.63. The van der Waals surface area contributed by atoms with E-state index >= 15 is 0 Å². The van der Waals surface area contributed by atoms with Crippen LogP contribution in [-0.4, -0.2) is 56.7 Å². The molecule has 1 aliphatic rings. The number of esters is 1. The Kier molecular flexibility index (Phi) is 8.08. The SMILES string of the molecule is CCOC(=O)C1CCN(CC(=O)N(CCC#N)c2ccccc2OC)CC1. The summed E-state index contributed by atoms with van der Waals surface area (Å²) in [4.78, 5) is 28.4. The topological polar surface area (TPSA) is 82.9 Å². The molecule has 1 amide bonds. The van der Waals surface area contributed by atoms with Gasteiger partial charge in [0.25, 0.3) is 0 Å². The smallest absolute Gasteiger partial charge is 0.309 e. The van der Waals surface area contributed by atoms with Crippen LogP contribution in [0.15, 0.2) is 24.3 Å². The zero-order chi connectivity index (χ0) is 19.6. The van der Waals surface area contributed by atoms with Crippen LogP contribution in [0.5, 0.6) is 5.75 Å². The first-order chi connectivity index (χ1) is 13.1. The van der Waals surface area contributed by atoms with Crippen LogP contribution in [0.25, 0.3) is 0 Å². The highest BCUT2D eigenvalue weighted by molar-refractivity contribution is 5.96. The van der Waals surface area contributed by atoms with E-state index in [0.29, 0.717) is 50.5 Å². The van der Waals surface area contributed by atoms with Gasteiger partial charge in [0.2, 0.25) is 5.91 Å². The van der Waals surface area contributed by atoms with Gasteiger partial charge < -0.3 is 14.4 Å². The zero-order valence-corrected chi connectivity index (χ0v) is 16.0. The number of ether oxygens (including phenoxy) is 2. The van der Waals surface area contributed by atoms with Crippen molar-refractivity contribution >= 4 is 17.6 Å². The van der Waals surface area contributed by atoms with Crippen molar-refractivity contribution in [1.82, 2.24) is 4.90 Å². The molecule has 0 atom stereocenters. The number of para-hydroxylation sites is 2. The lowest BCUT2D eigenvalue weighted by atomic mass is 9.97. The Morgan fingerprint density at radius 3 is 2.63 bits per heavy atom. The molecular formula is C20H27N3O4. The van der Waals surface area contributed by atoms with E-state index < -0.39 is 0 Å². The minimum Gasteiger partial charge on any atom is -0.495 e. The summed E-state index contributed by atoms with van der Waals surface area (Å²) < 4.78 is 10.5. The molecule has 0 unspecified atom stereocenters. The fraction of sp³-hybridized carbons (Fsp3) is 0.550. The van der Waals surface area contributed by atoms with Crippen LogP contribution in [-0.2, 0) is 14.3 Å². The molecule has 1 saturated heterocycles. The monoisotopic (exact) mass is 373 g/mol. The van der Waals surface area contributed by atoms with Crippen molar-refractivity contribution in [2.45, 2.75) is 26.2 Å². The van der Waals surface area contributed by atoms with Crippen molar-refractivity contribution in [2.24, 2.45) is 5.92 Å². The van der Waals surface area contributed by atoms with E-state index in [1.165, 1.54) is 0 Å². The second-order valence-electron chi connectivity index (χ2n) is 6.43. The van der Waals surface area contributed by atoms with Crippen molar-refractivity contribution in [3.8, 4) is 11.8 Å². The summed E-state index contributed by atoms with van der Waals surface area (Å²) in [6.45, 7) is 4.11. The maximum Gasteiger partial charge on any atom is 0.309 e. The molecule has 7 nitrogen and oxygen atoms in total. The van der Waals surface area contributed by atoms with E-state index in [2.05, 4.69) is 6.07 Å². The number of methoxy groups -OCH3 is 1. The Morgan fingerprint density at radius 2 is 2.00 bits per heavy atom. The second kappa shape index (κ2) is 10.5. The van der Waals surface area contributed by atoms with Crippen LogP contribution in [0.4, 0.5) is 5.69 Å². The number of carbonyl (C=O) groups is 2. The van der Waals surface area contributed by atoms with Gasteiger partial charge in [-0.25, -0.2) is 0 Å². The van der Waals surface area contributed by atoms with E-state index in [1.807, 2.05) is 23.1 Å². The average molecular weight is 373 g/mol. The van der Waals surface area contributed by atoms with Gasteiger partial charge >= 0.3 is 5.97 Å². The van der Waals surface area contributed by atoms with Gasteiger partial charge in [-0.1, -0.05) is 12.1 Å². The summed E-state index contributed by atoms with van der Waals surface area (Å²) in [7, 11) is 1.56. The van der Waals surface area contributed by atoms with Gasteiger partial charge in [0, 0.05) is 6.54 Å². The number of nitriles is 1. The molecule has 2 rings (SSSR count). The number of amides is 1. The van der Waals surface area contributed by atoms with Gasteiger partial charge in [-0.05, 0) is 45.0 Å². The molecule has 0 saturated carbocycles. The minimum absolute atomic E-state index is 0.0793. The van der Waals surface area contributed by atoms with Gasteiger partial charge in [-0.2, -0.15) is 5.26 Å². The largest absolute Gasteiger partial charge is 0.495 e. The van der Waals surface area contributed by atoms with Crippen LogP contribution >= 0.6 is 0 Å². The van der Waals surface area contributed by atoms with Crippen molar-refractivity contribution in [3.63, 3.8) is 0 Å². The lowest BCUT2D eigenvalue weighted by molar-refractivity contribution is -0.149. The van der Waals surface area contributed by atoms with Gasteiger partial charge in [0.1, 0.15) is 5.75 Å². The standard InChI is InChI=1S/C20H27N3O4/c1-3-27-20(25)16-9-13-22(14-10-16)15-19(24)23(12-6-11-21)17-7-4-5-8-18(17)26-2/h4-5,7-8,16H,3,6,9-10,12-15H2,1-2H3. The molecule has 7 heteroatoms. The Morgan fingerprint density at radius 1 is 1.30 bits per heavy atom. The minimum atomic E-state index is -0.145. The fourth-order valence-corrected chi connectivity index (χ4v) is 3.26. The number of carbonyl (C=O) groups excluding carboxylic acids is 2. The van der Waals surface area contributed by atoms with Gasteiger partial charge in [0.05, 0.1) is 44.4 Å². The van der Waals surface area contributed by atoms with Gasteiger partial charge in [-0.3, -0.25) is 14.5 Å². The first-order valence-electron chi connectivity index (χ1n) is 9.30. The lowest BCUT2D eigenvalue weighted by Gasteiger charge is -2.32. The summed E-state index contributed by atoms with van der Waals surface area (Å²) >= 11 is 0. The van der Waals surface area contributed by atoms with Crippen molar-refractivity contribution in [2.75, 3.05) is 44.8 Å². The summed E-state index contributed by atoms with van der Waals surface area (Å²) in [6, 6.07) is 9.40. The Labute approximate surface area is 160 Å². The molecule has 1 aliphatic heterocycles. The van der Waals surface area contributed by atoms with E-state index in [1.54, 1.807) is 25.0 Å².